The van der Waals surface area contributed by atoms with Gasteiger partial charge in [-0.15, -0.1) is 0 Å². The van der Waals surface area contributed by atoms with Gasteiger partial charge in [-0.3, -0.25) is 4.79 Å². The third kappa shape index (κ3) is 5.07. The first-order valence-electron chi connectivity index (χ1n) is 9.23. The van der Waals surface area contributed by atoms with E-state index < -0.39 is 0 Å². The molecule has 0 radical (unpaired) electrons. The number of carbonyl (C=O) groups excluding carboxylic acids is 1. The smallest absolute Gasteiger partial charge is 0.273 e. The molecule has 1 heterocycles. The molecule has 1 aromatic rings. The molecule has 2 atom stereocenters. The number of rotatable bonds is 10. The average Bonchev–Trinajstić information content (AvgIpc) is 2.88. The van der Waals surface area contributed by atoms with E-state index in [1.807, 2.05) is 13.8 Å². The van der Waals surface area contributed by atoms with Crippen molar-refractivity contribution in [3.8, 4) is 0 Å². The third-order valence-electron chi connectivity index (χ3n) is 5.01. The van der Waals surface area contributed by atoms with Crippen molar-refractivity contribution < 1.29 is 9.32 Å². The van der Waals surface area contributed by atoms with Crippen molar-refractivity contribution >= 4 is 5.91 Å². The molecule has 1 amide bonds. The van der Waals surface area contributed by atoms with E-state index in [0.29, 0.717) is 5.69 Å². The fourth-order valence-corrected chi connectivity index (χ4v) is 3.43. The van der Waals surface area contributed by atoms with Gasteiger partial charge in [-0.2, -0.15) is 0 Å². The Morgan fingerprint density at radius 1 is 1.33 bits per heavy atom. The number of hydrogen-bond donors (Lipinski definition) is 1. The summed E-state index contributed by atoms with van der Waals surface area (Å²) in [4.78, 5) is 15.0. The fourth-order valence-electron chi connectivity index (χ4n) is 3.43. The Kier molecular flexibility index (Phi) is 7.94. The van der Waals surface area contributed by atoms with E-state index in [1.165, 1.54) is 0 Å². The molecule has 2 unspecified atom stereocenters. The molecule has 1 aromatic heterocycles. The predicted molar refractivity (Wildman–Crippen MR) is 98.3 cm³/mol. The van der Waals surface area contributed by atoms with Crippen molar-refractivity contribution in [1.29, 1.82) is 0 Å². The number of hydrogen-bond acceptors (Lipinski definition) is 4. The van der Waals surface area contributed by atoms with E-state index in [2.05, 4.69) is 50.1 Å². The first kappa shape index (κ1) is 20.7. The number of aryl methyl sites for hydroxylation is 1. The Hall–Kier alpha value is -1.36. The SMILES string of the molecule is CCCN(C)CC(C)(CCC)C(C)NC(=O)c1noc(CC)c1C. The summed E-state index contributed by atoms with van der Waals surface area (Å²) in [5.41, 5.74) is 1.29. The van der Waals surface area contributed by atoms with E-state index in [-0.39, 0.29) is 17.4 Å². The van der Waals surface area contributed by atoms with Gasteiger partial charge in [0.2, 0.25) is 0 Å². The molecule has 138 valence electrons. The summed E-state index contributed by atoms with van der Waals surface area (Å²) < 4.78 is 5.26. The van der Waals surface area contributed by atoms with Crippen LogP contribution in [0, 0.1) is 12.3 Å². The molecule has 0 saturated carbocycles. The van der Waals surface area contributed by atoms with E-state index >= 15 is 0 Å². The van der Waals surface area contributed by atoms with Crippen LogP contribution in [0.1, 0.15) is 75.7 Å². The number of amides is 1. The lowest BCUT2D eigenvalue weighted by Gasteiger charge is -2.39. The van der Waals surface area contributed by atoms with E-state index in [9.17, 15) is 4.79 Å². The monoisotopic (exact) mass is 337 g/mol. The van der Waals surface area contributed by atoms with Gasteiger partial charge >= 0.3 is 0 Å². The highest BCUT2D eigenvalue weighted by Gasteiger charge is 2.33. The molecule has 0 bridgehead atoms. The van der Waals surface area contributed by atoms with Crippen molar-refractivity contribution in [3.63, 3.8) is 0 Å². The topological polar surface area (TPSA) is 58.4 Å². The molecule has 0 spiro atoms. The van der Waals surface area contributed by atoms with Crippen molar-refractivity contribution in [1.82, 2.24) is 15.4 Å². The third-order valence-corrected chi connectivity index (χ3v) is 5.01. The molecule has 5 nitrogen and oxygen atoms in total. The van der Waals surface area contributed by atoms with Crippen LogP contribution in [-0.2, 0) is 6.42 Å². The second-order valence-electron chi connectivity index (χ2n) is 7.27. The molecule has 1 N–H and O–H groups in total. The second-order valence-corrected chi connectivity index (χ2v) is 7.27. The minimum atomic E-state index is -0.135. The van der Waals surface area contributed by atoms with Gasteiger partial charge in [0.25, 0.3) is 5.91 Å². The Bertz CT molecular complexity index is 527. The van der Waals surface area contributed by atoms with Crippen LogP contribution >= 0.6 is 0 Å². The highest BCUT2D eigenvalue weighted by molar-refractivity contribution is 5.93. The highest BCUT2D eigenvalue weighted by atomic mass is 16.5. The van der Waals surface area contributed by atoms with Crippen LogP contribution in [0.3, 0.4) is 0 Å². The van der Waals surface area contributed by atoms with Gasteiger partial charge in [-0.25, -0.2) is 0 Å². The first-order chi connectivity index (χ1) is 11.3. The molecule has 0 aliphatic rings. The molecule has 0 saturated heterocycles. The number of nitrogens with one attached hydrogen (secondary N) is 1. The quantitative estimate of drug-likeness (QED) is 0.705. The lowest BCUT2D eigenvalue weighted by atomic mass is 9.78. The molecular formula is C19H35N3O2. The van der Waals surface area contributed by atoms with Crippen LogP contribution in [0.25, 0.3) is 0 Å². The first-order valence-corrected chi connectivity index (χ1v) is 9.23. The van der Waals surface area contributed by atoms with Gasteiger partial charge < -0.3 is 14.7 Å². The van der Waals surface area contributed by atoms with Crippen molar-refractivity contribution in [2.75, 3.05) is 20.1 Å². The summed E-state index contributed by atoms with van der Waals surface area (Å²) in [5, 5.41) is 7.12. The normalized spacial score (nSPS) is 15.3. The van der Waals surface area contributed by atoms with Crippen molar-refractivity contribution in [2.45, 2.75) is 73.3 Å². The lowest BCUT2D eigenvalue weighted by molar-refractivity contribution is 0.0832. The fraction of sp³-hybridized carbons (Fsp3) is 0.789. The largest absolute Gasteiger partial charge is 0.360 e. The molecule has 0 aliphatic carbocycles. The van der Waals surface area contributed by atoms with Crippen LogP contribution in [0.15, 0.2) is 4.52 Å². The molecule has 24 heavy (non-hydrogen) atoms. The highest BCUT2D eigenvalue weighted by Crippen LogP contribution is 2.29. The van der Waals surface area contributed by atoms with Gasteiger partial charge in [0, 0.05) is 30.0 Å². The van der Waals surface area contributed by atoms with Crippen LogP contribution < -0.4 is 5.32 Å². The lowest BCUT2D eigenvalue weighted by Crippen LogP contribution is -2.49. The van der Waals surface area contributed by atoms with Crippen LogP contribution in [0.2, 0.25) is 0 Å². The second kappa shape index (κ2) is 9.21. The molecule has 1 rings (SSSR count). The van der Waals surface area contributed by atoms with Gasteiger partial charge in [0.1, 0.15) is 5.76 Å². The average molecular weight is 338 g/mol. The van der Waals surface area contributed by atoms with Gasteiger partial charge in [0.15, 0.2) is 5.69 Å². The molecule has 5 heteroatoms. The van der Waals surface area contributed by atoms with E-state index in [4.69, 9.17) is 4.52 Å². The Morgan fingerprint density at radius 3 is 2.50 bits per heavy atom. The summed E-state index contributed by atoms with van der Waals surface area (Å²) in [6, 6.07) is 0.0606. The molecule has 0 aliphatic heterocycles. The standard InChI is InChI=1S/C19H35N3O2/c1-8-11-19(6,13-22(7)12-9-2)15(5)20-18(23)17-14(4)16(10-3)24-21-17/h15H,8-13H2,1-7H3,(H,20,23). The summed E-state index contributed by atoms with van der Waals surface area (Å²) in [6.45, 7) is 14.7. The van der Waals surface area contributed by atoms with Crippen LogP contribution in [-0.4, -0.2) is 42.1 Å². The zero-order chi connectivity index (χ0) is 18.3. The van der Waals surface area contributed by atoms with Gasteiger partial charge in [0.05, 0.1) is 0 Å². The van der Waals surface area contributed by atoms with Gasteiger partial charge in [-0.1, -0.05) is 39.3 Å². The molecule has 0 aromatic carbocycles. The Balaban J connectivity index is 2.84. The van der Waals surface area contributed by atoms with Crippen molar-refractivity contribution in [2.24, 2.45) is 5.41 Å². The maximum atomic E-state index is 12.6. The summed E-state index contributed by atoms with van der Waals surface area (Å²) in [5.74, 6) is 0.649. The zero-order valence-electron chi connectivity index (χ0n) is 16.5. The minimum Gasteiger partial charge on any atom is -0.360 e. The van der Waals surface area contributed by atoms with E-state index in [0.717, 1.165) is 50.1 Å². The van der Waals surface area contributed by atoms with E-state index in [1.54, 1.807) is 0 Å². The number of aromatic nitrogens is 1. The molecular weight excluding hydrogens is 302 g/mol. The summed E-state index contributed by atoms with van der Waals surface area (Å²) in [6.07, 6.45) is 4.05. The van der Waals surface area contributed by atoms with Crippen LogP contribution in [0.4, 0.5) is 0 Å². The van der Waals surface area contributed by atoms with Gasteiger partial charge in [-0.05, 0) is 40.3 Å². The predicted octanol–water partition coefficient (Wildman–Crippen LogP) is 3.81. The zero-order valence-corrected chi connectivity index (χ0v) is 16.5. The minimum absolute atomic E-state index is 0.0273. The number of carbonyl (C=O) groups is 1. The van der Waals surface area contributed by atoms with Crippen molar-refractivity contribution in [3.05, 3.63) is 17.0 Å². The summed E-state index contributed by atoms with van der Waals surface area (Å²) >= 11 is 0. The molecule has 0 fully saturated rings. The Morgan fingerprint density at radius 2 is 2.00 bits per heavy atom. The summed E-state index contributed by atoms with van der Waals surface area (Å²) in [7, 11) is 2.15. The maximum Gasteiger partial charge on any atom is 0.273 e. The maximum absolute atomic E-state index is 12.6. The number of nitrogens with zero attached hydrogens (tertiary/aromatic N) is 2. The van der Waals surface area contributed by atoms with Crippen LogP contribution in [0.5, 0.6) is 0 Å². The Labute approximate surface area is 147 Å².